The first-order chi connectivity index (χ1) is 22.3. The number of carbonyl (C=O) groups excluding carboxylic acids is 2. The number of rotatable bonds is 13. The SMILES string of the molecule is CCC(OCCC(C)O)N1C/C=C(F)\C=C/C/C(CC2CCCCN2C(=O)C(NC(=O)[C@H](C)NC)C(C)(C)C)=C\1c1ccc(C)cc1. The Morgan fingerprint density at radius 2 is 1.85 bits per heavy atom. The van der Waals surface area contributed by atoms with E-state index in [4.69, 9.17) is 4.74 Å². The van der Waals surface area contributed by atoms with Crippen LogP contribution in [-0.4, -0.2) is 83.9 Å². The predicted molar refractivity (Wildman–Crippen MR) is 188 cm³/mol. The van der Waals surface area contributed by atoms with E-state index in [1.165, 1.54) is 6.08 Å². The Morgan fingerprint density at radius 1 is 1.15 bits per heavy atom. The average molecular weight is 655 g/mol. The molecule has 2 amide bonds. The highest BCUT2D eigenvalue weighted by molar-refractivity contribution is 5.90. The Hall–Kier alpha value is -3.01. The molecule has 4 unspecified atom stereocenters. The zero-order valence-corrected chi connectivity index (χ0v) is 29.9. The van der Waals surface area contributed by atoms with Gasteiger partial charge in [-0.3, -0.25) is 9.59 Å². The molecule has 0 spiro atoms. The van der Waals surface area contributed by atoms with Gasteiger partial charge in [0.25, 0.3) is 0 Å². The lowest BCUT2D eigenvalue weighted by molar-refractivity contribution is -0.143. The van der Waals surface area contributed by atoms with E-state index >= 15 is 0 Å². The maximum Gasteiger partial charge on any atom is 0.245 e. The van der Waals surface area contributed by atoms with Crippen molar-refractivity contribution in [3.63, 3.8) is 0 Å². The number of aliphatic hydroxyl groups excluding tert-OH is 1. The number of allylic oxidation sites excluding steroid dienone is 3. The van der Waals surface area contributed by atoms with E-state index in [-0.39, 0.29) is 29.9 Å². The Balaban J connectivity index is 2.11. The van der Waals surface area contributed by atoms with Gasteiger partial charge in [-0.2, -0.15) is 0 Å². The number of hydrogen-bond donors (Lipinski definition) is 3. The van der Waals surface area contributed by atoms with E-state index in [2.05, 4.69) is 53.6 Å². The van der Waals surface area contributed by atoms with Gasteiger partial charge in [0.05, 0.1) is 18.8 Å². The van der Waals surface area contributed by atoms with Crippen molar-refractivity contribution in [1.29, 1.82) is 0 Å². The quantitative estimate of drug-likeness (QED) is 0.233. The monoisotopic (exact) mass is 654 g/mol. The van der Waals surface area contributed by atoms with Crippen LogP contribution in [0.2, 0.25) is 0 Å². The molecule has 2 heterocycles. The van der Waals surface area contributed by atoms with Crippen LogP contribution in [0, 0.1) is 12.3 Å². The van der Waals surface area contributed by atoms with Gasteiger partial charge in [-0.15, -0.1) is 0 Å². The van der Waals surface area contributed by atoms with Crippen LogP contribution in [0.1, 0.15) is 97.6 Å². The second kappa shape index (κ2) is 17.9. The van der Waals surface area contributed by atoms with E-state index in [0.717, 1.165) is 41.7 Å². The summed E-state index contributed by atoms with van der Waals surface area (Å²) in [7, 11) is 1.73. The van der Waals surface area contributed by atoms with E-state index in [1.54, 1.807) is 27.0 Å². The molecular formula is C38H59FN4O4. The molecule has 8 nitrogen and oxygen atoms in total. The number of benzene rings is 1. The number of likely N-dealkylation sites (tertiary alicyclic amines) is 1. The molecule has 0 saturated carbocycles. The van der Waals surface area contributed by atoms with Gasteiger partial charge >= 0.3 is 0 Å². The maximum atomic E-state index is 15.0. The molecule has 0 bridgehead atoms. The highest BCUT2D eigenvalue weighted by Crippen LogP contribution is 2.36. The smallest absolute Gasteiger partial charge is 0.245 e. The number of nitrogens with one attached hydrogen (secondary N) is 2. The standard InChI is InChI=1S/C38H59FN4O4/c1-9-33(47-24-21-27(3)44)43-23-20-31(39)14-12-13-30(34(43)29-18-16-26(2)17-19-29)25-32-15-10-11-22-42(32)37(46)35(38(5,6)7)41-36(45)28(4)40-8/h12,14,16-20,27-28,32-33,35,40,44H,9-11,13,15,21-25H2,1-8H3,(H,41,45)/b14-12-,31-20+,34-30+/t27?,28-,32?,33?,35?/m0/s1. The largest absolute Gasteiger partial charge is 0.393 e. The summed E-state index contributed by atoms with van der Waals surface area (Å²) >= 11 is 0. The summed E-state index contributed by atoms with van der Waals surface area (Å²) in [6.45, 7) is 14.9. The molecule has 0 radical (unpaired) electrons. The number of likely N-dealkylation sites (N-methyl/N-ethyl adjacent to an activating group) is 1. The number of piperidine rings is 1. The molecule has 0 aromatic heterocycles. The van der Waals surface area contributed by atoms with Crippen LogP contribution in [0.3, 0.4) is 0 Å². The van der Waals surface area contributed by atoms with E-state index in [1.807, 2.05) is 31.7 Å². The number of nitrogens with zero attached hydrogens (tertiary/aromatic N) is 2. The highest BCUT2D eigenvalue weighted by Gasteiger charge is 2.40. The number of hydrogen-bond acceptors (Lipinski definition) is 6. The maximum absolute atomic E-state index is 15.0. The van der Waals surface area contributed by atoms with Crippen molar-refractivity contribution in [3.05, 3.63) is 65.0 Å². The van der Waals surface area contributed by atoms with Crippen molar-refractivity contribution < 1.29 is 23.8 Å². The lowest BCUT2D eigenvalue weighted by Crippen LogP contribution is -2.59. The second-order valence-corrected chi connectivity index (χ2v) is 14.2. The molecule has 5 atom stereocenters. The molecular weight excluding hydrogens is 595 g/mol. The van der Waals surface area contributed by atoms with Crippen LogP contribution >= 0.6 is 0 Å². The molecule has 262 valence electrons. The number of ether oxygens (including phenoxy) is 1. The summed E-state index contributed by atoms with van der Waals surface area (Å²) in [5.41, 5.74) is 3.76. The van der Waals surface area contributed by atoms with Gasteiger partial charge < -0.3 is 30.3 Å². The summed E-state index contributed by atoms with van der Waals surface area (Å²) in [6, 6.07) is 7.21. The molecule has 1 fully saturated rings. The predicted octanol–water partition coefficient (Wildman–Crippen LogP) is 6.26. The topological polar surface area (TPSA) is 94.1 Å². The molecule has 2 aliphatic rings. The van der Waals surface area contributed by atoms with Gasteiger partial charge in [-0.1, -0.05) is 63.6 Å². The fourth-order valence-electron chi connectivity index (χ4n) is 6.28. The van der Waals surface area contributed by atoms with Crippen molar-refractivity contribution in [2.45, 2.75) is 124 Å². The van der Waals surface area contributed by atoms with Gasteiger partial charge in [0.2, 0.25) is 11.8 Å². The Bertz CT molecular complexity index is 1270. The number of aliphatic hydroxyl groups is 1. The summed E-state index contributed by atoms with van der Waals surface area (Å²) in [5, 5.41) is 15.9. The highest BCUT2D eigenvalue weighted by atomic mass is 19.1. The molecule has 1 saturated heterocycles. The van der Waals surface area contributed by atoms with Crippen molar-refractivity contribution in [2.75, 3.05) is 26.7 Å². The van der Waals surface area contributed by atoms with Crippen LogP contribution in [0.5, 0.6) is 0 Å². The molecule has 1 aromatic carbocycles. The third-order valence-corrected chi connectivity index (χ3v) is 9.23. The van der Waals surface area contributed by atoms with Crippen LogP contribution in [0.4, 0.5) is 4.39 Å². The fraction of sp³-hybridized carbons (Fsp3) is 0.632. The fourth-order valence-corrected chi connectivity index (χ4v) is 6.28. The van der Waals surface area contributed by atoms with Gasteiger partial charge in [-0.05, 0) is 101 Å². The minimum atomic E-state index is -0.682. The van der Waals surface area contributed by atoms with Gasteiger partial charge in [0.15, 0.2) is 0 Å². The summed E-state index contributed by atoms with van der Waals surface area (Å²) in [5.74, 6) is -0.564. The summed E-state index contributed by atoms with van der Waals surface area (Å²) in [6.07, 6.45) is 9.21. The Kier molecular flexibility index (Phi) is 14.7. The number of halogens is 1. The lowest BCUT2D eigenvalue weighted by atomic mass is 9.84. The van der Waals surface area contributed by atoms with Gasteiger partial charge in [-0.25, -0.2) is 4.39 Å². The zero-order chi connectivity index (χ0) is 34.7. The third kappa shape index (κ3) is 11.0. The van der Waals surface area contributed by atoms with Crippen molar-refractivity contribution >= 4 is 17.5 Å². The van der Waals surface area contributed by atoms with Crippen LogP contribution in [-0.2, 0) is 14.3 Å². The first kappa shape index (κ1) is 38.4. The number of carbonyl (C=O) groups is 2. The van der Waals surface area contributed by atoms with E-state index in [0.29, 0.717) is 45.4 Å². The van der Waals surface area contributed by atoms with Gasteiger partial charge in [0, 0.05) is 24.8 Å². The van der Waals surface area contributed by atoms with E-state index < -0.39 is 23.6 Å². The first-order valence-electron chi connectivity index (χ1n) is 17.4. The van der Waals surface area contributed by atoms with Crippen molar-refractivity contribution in [1.82, 2.24) is 20.4 Å². The molecule has 2 aliphatic heterocycles. The van der Waals surface area contributed by atoms with E-state index in [9.17, 15) is 19.1 Å². The molecule has 0 aliphatic carbocycles. The number of amides is 2. The van der Waals surface area contributed by atoms with Crippen molar-refractivity contribution in [3.8, 4) is 0 Å². The minimum Gasteiger partial charge on any atom is -0.393 e. The third-order valence-electron chi connectivity index (χ3n) is 9.23. The van der Waals surface area contributed by atoms with Crippen LogP contribution in [0.15, 0.2) is 53.9 Å². The second-order valence-electron chi connectivity index (χ2n) is 14.2. The zero-order valence-electron chi connectivity index (χ0n) is 29.9. The molecule has 3 rings (SSSR count). The number of aryl methyl sites for hydroxylation is 1. The molecule has 3 N–H and O–H groups in total. The normalized spacial score (nSPS) is 23.8. The molecule has 9 heteroatoms. The molecule has 1 aromatic rings. The minimum absolute atomic E-state index is 0.0626. The Morgan fingerprint density at radius 3 is 2.47 bits per heavy atom. The van der Waals surface area contributed by atoms with Crippen molar-refractivity contribution in [2.24, 2.45) is 5.41 Å². The van der Waals surface area contributed by atoms with Crippen LogP contribution < -0.4 is 10.6 Å². The first-order valence-corrected chi connectivity index (χ1v) is 17.4. The average Bonchev–Trinajstić information content (AvgIpc) is 3.10. The molecule has 47 heavy (non-hydrogen) atoms. The Labute approximate surface area is 282 Å². The van der Waals surface area contributed by atoms with Crippen LogP contribution in [0.25, 0.3) is 5.70 Å². The van der Waals surface area contributed by atoms with Gasteiger partial charge in [0.1, 0.15) is 18.1 Å². The summed E-state index contributed by atoms with van der Waals surface area (Å²) < 4.78 is 21.4. The summed E-state index contributed by atoms with van der Waals surface area (Å²) in [4.78, 5) is 31.5. The lowest BCUT2D eigenvalue weighted by Gasteiger charge is -2.42.